The van der Waals surface area contributed by atoms with Gasteiger partial charge < -0.3 is 0 Å². The third-order valence-electron chi connectivity index (χ3n) is 3.86. The number of carbonyl (C=O) groups is 1. The molecular formula is C18H13BrN6OS. The van der Waals surface area contributed by atoms with Gasteiger partial charge in [0, 0.05) is 21.6 Å². The lowest BCUT2D eigenvalue weighted by Crippen LogP contribution is -2.11. The first-order valence-corrected chi connectivity index (χ1v) is 9.57. The van der Waals surface area contributed by atoms with Crippen LogP contribution in [0.2, 0.25) is 0 Å². The number of halogens is 1. The van der Waals surface area contributed by atoms with Gasteiger partial charge in [0.25, 0.3) is 5.91 Å². The van der Waals surface area contributed by atoms with Crippen LogP contribution < -0.4 is 5.32 Å². The van der Waals surface area contributed by atoms with E-state index in [1.807, 2.05) is 49.4 Å². The molecule has 7 nitrogen and oxygen atoms in total. The molecule has 0 aliphatic rings. The summed E-state index contributed by atoms with van der Waals surface area (Å²) in [6.07, 6.45) is 0. The quantitative estimate of drug-likeness (QED) is 0.515. The summed E-state index contributed by atoms with van der Waals surface area (Å²) >= 11 is 4.45. The Bertz CT molecular complexity index is 1090. The molecule has 0 spiro atoms. The molecule has 0 fully saturated rings. The van der Waals surface area contributed by atoms with Crippen LogP contribution in [0.4, 0.5) is 5.13 Å². The lowest BCUT2D eigenvalue weighted by molar-refractivity contribution is 0.102. The van der Waals surface area contributed by atoms with Crippen molar-refractivity contribution in [1.82, 2.24) is 24.4 Å². The van der Waals surface area contributed by atoms with Gasteiger partial charge >= 0.3 is 0 Å². The number of nitrogens with zero attached hydrogens (tertiary/aromatic N) is 5. The Morgan fingerprint density at radius 2 is 1.85 bits per heavy atom. The second-order valence-corrected chi connectivity index (χ2v) is 7.32. The number of hydrogen-bond acceptors (Lipinski definition) is 6. The summed E-state index contributed by atoms with van der Waals surface area (Å²) in [6, 6.07) is 16.8. The maximum Gasteiger partial charge on any atom is 0.257 e. The van der Waals surface area contributed by atoms with Gasteiger partial charge in [-0.05, 0) is 43.3 Å². The number of rotatable bonds is 4. The predicted octanol–water partition coefficient (Wildman–Crippen LogP) is 4.11. The largest absolute Gasteiger partial charge is 0.297 e. The van der Waals surface area contributed by atoms with Crippen molar-refractivity contribution in [3.05, 3.63) is 70.3 Å². The smallest absolute Gasteiger partial charge is 0.257 e. The Morgan fingerprint density at radius 1 is 1.11 bits per heavy atom. The Morgan fingerprint density at radius 3 is 2.59 bits per heavy atom. The fourth-order valence-corrected chi connectivity index (χ4v) is 3.32. The van der Waals surface area contributed by atoms with Gasteiger partial charge in [0.15, 0.2) is 11.5 Å². The van der Waals surface area contributed by atoms with Crippen molar-refractivity contribution in [3.63, 3.8) is 0 Å². The van der Waals surface area contributed by atoms with Gasteiger partial charge in [0.05, 0.1) is 11.4 Å². The molecule has 0 bridgehead atoms. The highest BCUT2D eigenvalue weighted by atomic mass is 79.9. The van der Waals surface area contributed by atoms with Crippen molar-refractivity contribution in [2.75, 3.05) is 5.32 Å². The van der Waals surface area contributed by atoms with E-state index in [1.165, 1.54) is 0 Å². The minimum absolute atomic E-state index is 0.241. The van der Waals surface area contributed by atoms with Crippen LogP contribution in [0.3, 0.4) is 0 Å². The molecule has 1 N–H and O–H groups in total. The maximum absolute atomic E-state index is 12.3. The molecular weight excluding hydrogens is 428 g/mol. The Hall–Kier alpha value is -2.91. The van der Waals surface area contributed by atoms with Crippen LogP contribution in [0.25, 0.3) is 17.2 Å². The maximum atomic E-state index is 12.3. The standard InChI is InChI=1S/C18H13BrN6OS/c1-11-15(22-24-25(11)14-5-3-2-4-6-14)16-20-18(27-23-16)21-17(26)12-7-9-13(19)10-8-12/h2-10H,1H3,(H,20,21,23,26). The molecule has 0 saturated heterocycles. The number of benzene rings is 2. The summed E-state index contributed by atoms with van der Waals surface area (Å²) in [5.74, 6) is 0.195. The van der Waals surface area contributed by atoms with E-state index in [2.05, 4.69) is 40.9 Å². The van der Waals surface area contributed by atoms with Crippen LogP contribution in [-0.2, 0) is 0 Å². The van der Waals surface area contributed by atoms with Crippen LogP contribution in [0, 0.1) is 6.92 Å². The summed E-state index contributed by atoms with van der Waals surface area (Å²) < 4.78 is 6.95. The average Bonchev–Trinajstić information content (AvgIpc) is 3.29. The number of amides is 1. The van der Waals surface area contributed by atoms with Crippen molar-refractivity contribution in [2.24, 2.45) is 0 Å². The second-order valence-electron chi connectivity index (χ2n) is 5.65. The van der Waals surface area contributed by atoms with E-state index in [-0.39, 0.29) is 5.91 Å². The molecule has 4 rings (SSSR count). The zero-order valence-corrected chi connectivity index (χ0v) is 16.5. The van der Waals surface area contributed by atoms with E-state index in [4.69, 9.17) is 0 Å². The molecule has 0 saturated carbocycles. The molecule has 9 heteroatoms. The zero-order valence-electron chi connectivity index (χ0n) is 14.1. The summed E-state index contributed by atoms with van der Waals surface area (Å²) in [5, 5.41) is 11.6. The molecule has 0 radical (unpaired) electrons. The van der Waals surface area contributed by atoms with Crippen LogP contribution in [0.1, 0.15) is 16.1 Å². The molecule has 0 aliphatic carbocycles. The van der Waals surface area contributed by atoms with Crippen LogP contribution >= 0.6 is 27.5 Å². The van der Waals surface area contributed by atoms with Crippen LogP contribution in [-0.4, -0.2) is 30.3 Å². The summed E-state index contributed by atoms with van der Waals surface area (Å²) in [6.45, 7) is 1.91. The zero-order chi connectivity index (χ0) is 18.8. The first kappa shape index (κ1) is 17.5. The molecule has 2 heterocycles. The monoisotopic (exact) mass is 440 g/mol. The van der Waals surface area contributed by atoms with Crippen molar-refractivity contribution in [2.45, 2.75) is 6.92 Å². The van der Waals surface area contributed by atoms with Crippen LogP contribution in [0.5, 0.6) is 0 Å². The summed E-state index contributed by atoms with van der Waals surface area (Å²) in [5.41, 5.74) is 2.86. The summed E-state index contributed by atoms with van der Waals surface area (Å²) in [7, 11) is 0. The van der Waals surface area contributed by atoms with Crippen molar-refractivity contribution >= 4 is 38.5 Å². The van der Waals surface area contributed by atoms with E-state index < -0.39 is 0 Å². The fourth-order valence-electron chi connectivity index (χ4n) is 2.49. The minimum Gasteiger partial charge on any atom is -0.297 e. The molecule has 4 aromatic rings. The number of carbonyl (C=O) groups excluding carboxylic acids is 1. The van der Waals surface area contributed by atoms with Gasteiger partial charge in [0.2, 0.25) is 5.13 Å². The number of aromatic nitrogens is 5. The highest BCUT2D eigenvalue weighted by Gasteiger charge is 2.17. The Balaban J connectivity index is 1.55. The van der Waals surface area contributed by atoms with Gasteiger partial charge in [0.1, 0.15) is 0 Å². The van der Waals surface area contributed by atoms with E-state index in [1.54, 1.807) is 16.8 Å². The van der Waals surface area contributed by atoms with E-state index in [0.29, 0.717) is 22.2 Å². The highest BCUT2D eigenvalue weighted by Crippen LogP contribution is 2.24. The molecule has 1 amide bonds. The first-order chi connectivity index (χ1) is 13.1. The van der Waals surface area contributed by atoms with Crippen LogP contribution in [0.15, 0.2) is 59.1 Å². The Kier molecular flexibility index (Phi) is 4.78. The lowest BCUT2D eigenvalue weighted by atomic mass is 10.2. The van der Waals surface area contributed by atoms with E-state index in [0.717, 1.165) is 27.4 Å². The van der Waals surface area contributed by atoms with Gasteiger partial charge in [-0.1, -0.05) is 39.3 Å². The molecule has 0 unspecified atom stereocenters. The van der Waals surface area contributed by atoms with Gasteiger partial charge in [-0.2, -0.15) is 9.36 Å². The minimum atomic E-state index is -0.241. The average molecular weight is 441 g/mol. The number of hydrogen-bond donors (Lipinski definition) is 1. The number of nitrogens with one attached hydrogen (secondary N) is 1. The normalized spacial score (nSPS) is 10.7. The Labute approximate surface area is 167 Å². The van der Waals surface area contributed by atoms with Crippen molar-refractivity contribution < 1.29 is 4.79 Å². The predicted molar refractivity (Wildman–Crippen MR) is 107 cm³/mol. The molecule has 2 aromatic carbocycles. The third kappa shape index (κ3) is 3.64. The first-order valence-electron chi connectivity index (χ1n) is 8.00. The lowest BCUT2D eigenvalue weighted by Gasteiger charge is -2.02. The molecule has 2 aromatic heterocycles. The van der Waals surface area contributed by atoms with Gasteiger partial charge in [-0.25, -0.2) is 4.68 Å². The van der Waals surface area contributed by atoms with Gasteiger partial charge in [-0.3, -0.25) is 10.1 Å². The SMILES string of the molecule is Cc1c(-c2nsc(NC(=O)c3ccc(Br)cc3)n2)nnn1-c1ccccc1. The third-order valence-corrected chi connectivity index (χ3v) is 5.02. The van der Waals surface area contributed by atoms with E-state index in [9.17, 15) is 4.79 Å². The fraction of sp³-hybridized carbons (Fsp3) is 0.0556. The molecule has 0 atom stereocenters. The number of para-hydroxylation sites is 1. The second kappa shape index (κ2) is 7.37. The van der Waals surface area contributed by atoms with Crippen molar-refractivity contribution in [3.8, 4) is 17.2 Å². The molecule has 27 heavy (non-hydrogen) atoms. The van der Waals surface area contributed by atoms with Gasteiger partial charge in [-0.15, -0.1) is 5.10 Å². The van der Waals surface area contributed by atoms with Crippen molar-refractivity contribution in [1.29, 1.82) is 0 Å². The summed E-state index contributed by atoms with van der Waals surface area (Å²) in [4.78, 5) is 16.7. The highest BCUT2D eigenvalue weighted by molar-refractivity contribution is 9.10. The molecule has 134 valence electrons. The van der Waals surface area contributed by atoms with E-state index >= 15 is 0 Å². The molecule has 0 aliphatic heterocycles. The number of anilines is 1. The topological polar surface area (TPSA) is 85.6 Å².